The van der Waals surface area contributed by atoms with Crippen molar-refractivity contribution in [2.75, 3.05) is 13.2 Å². The molecule has 1 aromatic rings. The molecule has 0 spiro atoms. The van der Waals surface area contributed by atoms with Crippen LogP contribution >= 0.6 is 12.4 Å². The Morgan fingerprint density at radius 1 is 1.44 bits per heavy atom. The van der Waals surface area contributed by atoms with Crippen LogP contribution in [0.15, 0.2) is 24.3 Å². The lowest BCUT2D eigenvalue weighted by molar-refractivity contribution is 0.0818. The summed E-state index contributed by atoms with van der Waals surface area (Å²) in [4.78, 5) is 11.2. The Morgan fingerprint density at radius 3 is 2.69 bits per heavy atom. The largest absolute Gasteiger partial charge is 0.488 e. The molecule has 0 aliphatic carbocycles. The number of Topliss-reactive ketones (excluding diaryl/α,β-unsaturated/α-hetero) is 1. The monoisotopic (exact) mass is 251 g/mol. The highest BCUT2D eigenvalue weighted by Gasteiger charge is 2.06. The molecule has 1 aromatic carbocycles. The Balaban J connectivity index is 0.00000225. The van der Waals surface area contributed by atoms with Gasteiger partial charge in [0, 0.05) is 5.56 Å². The molecule has 0 aliphatic rings. The van der Waals surface area contributed by atoms with Gasteiger partial charge >= 0.3 is 0 Å². The second kappa shape index (κ2) is 7.14. The maximum atomic E-state index is 11.8. The molecule has 0 aliphatic heterocycles. The zero-order valence-electron chi connectivity index (χ0n) is 8.36. The van der Waals surface area contributed by atoms with Crippen molar-refractivity contribution in [3.05, 3.63) is 29.8 Å². The maximum Gasteiger partial charge on any atom is 0.272 e. The first kappa shape index (κ1) is 14.8. The summed E-state index contributed by atoms with van der Waals surface area (Å²) < 4.78 is 28.4. The zero-order chi connectivity index (χ0) is 11.3. The lowest BCUT2D eigenvalue weighted by Gasteiger charge is -2.06. The summed E-state index contributed by atoms with van der Waals surface area (Å²) in [6.07, 6.45) is -2.53. The van der Waals surface area contributed by atoms with Gasteiger partial charge in [0.25, 0.3) is 6.43 Å². The zero-order valence-corrected chi connectivity index (χ0v) is 9.18. The van der Waals surface area contributed by atoms with Crippen molar-refractivity contribution in [3.8, 4) is 5.75 Å². The summed E-state index contributed by atoms with van der Waals surface area (Å²) in [5.41, 5.74) is 5.53. The molecule has 3 nitrogen and oxygen atoms in total. The number of alkyl halides is 2. The fourth-order valence-corrected chi connectivity index (χ4v) is 1.04. The first-order valence-electron chi connectivity index (χ1n) is 4.37. The molecule has 0 radical (unpaired) electrons. The van der Waals surface area contributed by atoms with E-state index in [1.54, 1.807) is 12.1 Å². The highest BCUT2D eigenvalue weighted by Crippen LogP contribution is 2.14. The highest BCUT2D eigenvalue weighted by molar-refractivity contribution is 5.97. The van der Waals surface area contributed by atoms with Crippen LogP contribution in [0.5, 0.6) is 5.75 Å². The third-order valence-corrected chi connectivity index (χ3v) is 1.72. The van der Waals surface area contributed by atoms with Gasteiger partial charge in [-0.3, -0.25) is 4.79 Å². The number of ether oxygens (including phenoxy) is 1. The van der Waals surface area contributed by atoms with Gasteiger partial charge < -0.3 is 10.5 Å². The fraction of sp³-hybridized carbons (Fsp3) is 0.300. The molecule has 0 saturated heterocycles. The van der Waals surface area contributed by atoms with E-state index >= 15 is 0 Å². The van der Waals surface area contributed by atoms with E-state index in [4.69, 9.17) is 10.5 Å². The summed E-state index contributed by atoms with van der Waals surface area (Å²) in [6, 6.07) is 6.03. The first-order chi connectivity index (χ1) is 7.13. The molecule has 2 N–H and O–H groups in total. The van der Waals surface area contributed by atoms with Gasteiger partial charge in [-0.2, -0.15) is 0 Å². The third-order valence-electron chi connectivity index (χ3n) is 1.72. The molecule has 6 heteroatoms. The van der Waals surface area contributed by atoms with Gasteiger partial charge in [0.2, 0.25) is 0 Å². The van der Waals surface area contributed by atoms with Crippen molar-refractivity contribution in [2.24, 2.45) is 5.73 Å². The van der Waals surface area contributed by atoms with Gasteiger partial charge in [-0.05, 0) is 12.1 Å². The number of halogens is 3. The van der Waals surface area contributed by atoms with E-state index in [-0.39, 0.29) is 30.5 Å². The number of hydrogen-bond acceptors (Lipinski definition) is 3. The summed E-state index contributed by atoms with van der Waals surface area (Å²) in [5, 5.41) is 0. The molecular weight excluding hydrogens is 240 g/mol. The second-order valence-corrected chi connectivity index (χ2v) is 2.86. The fourth-order valence-electron chi connectivity index (χ4n) is 1.04. The van der Waals surface area contributed by atoms with Crippen LogP contribution < -0.4 is 10.5 Å². The standard InChI is InChI=1S/C10H11F2NO2.ClH/c11-10(12)6-15-8-3-1-2-7(4-8)9(14)5-13;/h1-4,10H,5-6,13H2;1H. The van der Waals surface area contributed by atoms with E-state index < -0.39 is 13.0 Å². The minimum Gasteiger partial charge on any atom is -0.488 e. The van der Waals surface area contributed by atoms with Crippen molar-refractivity contribution >= 4 is 18.2 Å². The number of carbonyl (C=O) groups excluding carboxylic acids is 1. The Labute approximate surface area is 98.0 Å². The van der Waals surface area contributed by atoms with Crippen LogP contribution in [0.3, 0.4) is 0 Å². The van der Waals surface area contributed by atoms with Gasteiger partial charge in [0.15, 0.2) is 5.78 Å². The van der Waals surface area contributed by atoms with Gasteiger partial charge in [0.05, 0.1) is 6.54 Å². The molecule has 0 amide bonds. The van der Waals surface area contributed by atoms with Crippen LogP contribution in [0.1, 0.15) is 10.4 Å². The average molecular weight is 252 g/mol. The lowest BCUT2D eigenvalue weighted by Crippen LogP contribution is -2.14. The molecule has 0 bridgehead atoms. The molecule has 0 saturated carbocycles. The van der Waals surface area contributed by atoms with E-state index in [1.165, 1.54) is 12.1 Å². The Bertz CT molecular complexity index is 347. The third kappa shape index (κ3) is 4.55. The van der Waals surface area contributed by atoms with Crippen molar-refractivity contribution in [1.82, 2.24) is 0 Å². The van der Waals surface area contributed by atoms with E-state index in [1.807, 2.05) is 0 Å². The smallest absolute Gasteiger partial charge is 0.272 e. The van der Waals surface area contributed by atoms with Crippen molar-refractivity contribution in [1.29, 1.82) is 0 Å². The highest BCUT2D eigenvalue weighted by atomic mass is 35.5. The molecule has 16 heavy (non-hydrogen) atoms. The minimum absolute atomic E-state index is 0. The molecule has 0 atom stereocenters. The summed E-state index contributed by atoms with van der Waals surface area (Å²) >= 11 is 0. The summed E-state index contributed by atoms with van der Waals surface area (Å²) in [6.45, 7) is -0.793. The Hall–Kier alpha value is -1.20. The van der Waals surface area contributed by atoms with E-state index in [0.717, 1.165) is 0 Å². The second-order valence-electron chi connectivity index (χ2n) is 2.86. The average Bonchev–Trinajstić information content (AvgIpc) is 2.25. The molecule has 0 aromatic heterocycles. The van der Waals surface area contributed by atoms with Gasteiger partial charge in [0.1, 0.15) is 12.4 Å². The van der Waals surface area contributed by atoms with Gasteiger partial charge in [-0.1, -0.05) is 12.1 Å². The van der Waals surface area contributed by atoms with E-state index in [0.29, 0.717) is 5.56 Å². The molecule has 90 valence electrons. The molecule has 0 fully saturated rings. The number of ketones is 1. The van der Waals surface area contributed by atoms with E-state index in [2.05, 4.69) is 0 Å². The number of carbonyl (C=O) groups is 1. The van der Waals surface area contributed by atoms with Crippen LogP contribution in [-0.2, 0) is 0 Å². The number of nitrogens with two attached hydrogens (primary N) is 1. The molecule has 1 rings (SSSR count). The van der Waals surface area contributed by atoms with Crippen molar-refractivity contribution in [3.63, 3.8) is 0 Å². The maximum absolute atomic E-state index is 11.8. The first-order valence-corrected chi connectivity index (χ1v) is 4.37. The molecule has 0 heterocycles. The minimum atomic E-state index is -2.53. The van der Waals surface area contributed by atoms with Crippen molar-refractivity contribution < 1.29 is 18.3 Å². The Kier molecular flexibility index (Phi) is 6.60. The lowest BCUT2D eigenvalue weighted by atomic mass is 10.1. The normalized spacial score (nSPS) is 9.75. The summed E-state index contributed by atoms with van der Waals surface area (Å²) in [7, 11) is 0. The van der Waals surface area contributed by atoms with E-state index in [9.17, 15) is 13.6 Å². The SMILES string of the molecule is Cl.NCC(=O)c1cccc(OCC(F)F)c1. The summed E-state index contributed by atoms with van der Waals surface area (Å²) in [5.74, 6) is -0.00732. The van der Waals surface area contributed by atoms with Crippen LogP contribution in [-0.4, -0.2) is 25.4 Å². The molecular formula is C10H12ClF2NO2. The predicted octanol–water partition coefficient (Wildman–Crippen LogP) is 1.89. The van der Waals surface area contributed by atoms with Crippen LogP contribution in [0.4, 0.5) is 8.78 Å². The van der Waals surface area contributed by atoms with Crippen LogP contribution in [0, 0.1) is 0 Å². The Morgan fingerprint density at radius 2 is 2.12 bits per heavy atom. The van der Waals surface area contributed by atoms with Gasteiger partial charge in [-0.15, -0.1) is 12.4 Å². The quantitative estimate of drug-likeness (QED) is 0.813. The number of rotatable bonds is 5. The van der Waals surface area contributed by atoms with Gasteiger partial charge in [-0.25, -0.2) is 8.78 Å². The number of hydrogen-bond donors (Lipinski definition) is 1. The molecule has 0 unspecified atom stereocenters. The van der Waals surface area contributed by atoms with Crippen LogP contribution in [0.25, 0.3) is 0 Å². The topological polar surface area (TPSA) is 52.3 Å². The van der Waals surface area contributed by atoms with Crippen LogP contribution in [0.2, 0.25) is 0 Å². The number of benzene rings is 1. The predicted molar refractivity (Wildman–Crippen MR) is 58.6 cm³/mol. The van der Waals surface area contributed by atoms with Crippen molar-refractivity contribution in [2.45, 2.75) is 6.43 Å².